The van der Waals surface area contributed by atoms with E-state index in [0.29, 0.717) is 29.7 Å². The van der Waals surface area contributed by atoms with Gasteiger partial charge in [-0.25, -0.2) is 9.78 Å². The summed E-state index contributed by atoms with van der Waals surface area (Å²) in [7, 11) is 0. The first kappa shape index (κ1) is 69.2. The molecule has 0 aliphatic heterocycles. The molecule has 6 rings (SSSR count). The highest BCUT2D eigenvalue weighted by Gasteiger charge is 2.36. The molecule has 27 nitrogen and oxygen atoms in total. The Morgan fingerprint density at radius 2 is 1.00 bits per heavy atom. The number of para-hydroxylation sites is 2. The number of hydrogen-bond donors (Lipinski definition) is 15. The Bertz CT molecular complexity index is 3440. The number of carbonyl (C=O) groups excluding carboxylic acids is 9. The fourth-order valence-electron chi connectivity index (χ4n) is 10.2. The molecule has 0 bridgehead atoms. The van der Waals surface area contributed by atoms with Crippen LogP contribution in [0, 0.1) is 5.92 Å². The number of aromatic nitrogens is 4. The number of nitrogens with zero attached hydrogens (tertiary/aromatic N) is 1. The molecule has 0 saturated heterocycles. The Balaban J connectivity index is 1.19. The van der Waals surface area contributed by atoms with E-state index in [2.05, 4.69) is 62.5 Å². The van der Waals surface area contributed by atoms with Gasteiger partial charge in [-0.05, 0) is 73.8 Å². The number of fused-ring (bicyclic) bond motifs is 2. The molecule has 0 saturated carbocycles. The maximum Gasteiger partial charge on any atom is 0.326 e. The third-order valence-electron chi connectivity index (χ3n) is 15.2. The molecule has 482 valence electrons. The van der Waals surface area contributed by atoms with Crippen molar-refractivity contribution >= 4 is 86.9 Å². The monoisotopic (exact) mass is 1240 g/mol. The number of benzene rings is 3. The number of amides is 9. The van der Waals surface area contributed by atoms with Gasteiger partial charge in [-0.3, -0.25) is 47.9 Å². The molecule has 0 aliphatic rings. The van der Waals surface area contributed by atoms with Crippen LogP contribution in [0.1, 0.15) is 108 Å². The number of carbonyl (C=O) groups is 11. The number of aromatic amines is 3. The third-order valence-corrected chi connectivity index (χ3v) is 15.2. The molecule has 0 fully saturated rings. The van der Waals surface area contributed by atoms with E-state index >= 15 is 0 Å². The van der Waals surface area contributed by atoms with Crippen molar-refractivity contribution in [2.24, 2.45) is 17.4 Å². The fourth-order valence-corrected chi connectivity index (χ4v) is 10.2. The lowest BCUT2D eigenvalue weighted by Crippen LogP contribution is -2.61. The molecule has 0 radical (unpaired) electrons. The van der Waals surface area contributed by atoms with Crippen LogP contribution in [0.2, 0.25) is 0 Å². The first-order chi connectivity index (χ1) is 43.0. The Morgan fingerprint density at radius 3 is 1.56 bits per heavy atom. The summed E-state index contributed by atoms with van der Waals surface area (Å²) < 4.78 is 0. The largest absolute Gasteiger partial charge is 0.481 e. The summed E-state index contributed by atoms with van der Waals surface area (Å²) in [5.74, 6) is -10.5. The summed E-state index contributed by atoms with van der Waals surface area (Å²) in [6.07, 6.45) is 6.29. The van der Waals surface area contributed by atoms with E-state index in [9.17, 15) is 63.0 Å². The van der Waals surface area contributed by atoms with Crippen LogP contribution in [0.4, 0.5) is 0 Å². The molecular formula is C63H82N14O13. The van der Waals surface area contributed by atoms with E-state index in [4.69, 9.17) is 11.5 Å². The van der Waals surface area contributed by atoms with E-state index < -0.39 is 125 Å². The first-order valence-corrected chi connectivity index (χ1v) is 30.0. The Kier molecular flexibility index (Phi) is 26.1. The number of primary amides is 1. The molecule has 0 aliphatic carbocycles. The summed E-state index contributed by atoms with van der Waals surface area (Å²) in [6, 6.07) is 11.1. The van der Waals surface area contributed by atoms with E-state index in [1.165, 1.54) is 19.4 Å². The van der Waals surface area contributed by atoms with Crippen molar-refractivity contribution in [2.75, 3.05) is 0 Å². The summed E-state index contributed by atoms with van der Waals surface area (Å²) in [5, 5.41) is 42.1. The van der Waals surface area contributed by atoms with Gasteiger partial charge in [-0.15, -0.1) is 0 Å². The quantitative estimate of drug-likeness (QED) is 0.0247. The average molecular weight is 1240 g/mol. The van der Waals surface area contributed by atoms with Gasteiger partial charge in [0.25, 0.3) is 0 Å². The molecule has 27 heteroatoms. The van der Waals surface area contributed by atoms with Crippen LogP contribution < -0.4 is 54.0 Å². The third kappa shape index (κ3) is 20.9. The lowest BCUT2D eigenvalue weighted by Gasteiger charge is -2.28. The van der Waals surface area contributed by atoms with Gasteiger partial charge in [0.2, 0.25) is 53.2 Å². The van der Waals surface area contributed by atoms with E-state index in [0.717, 1.165) is 27.4 Å². The van der Waals surface area contributed by atoms with Crippen molar-refractivity contribution in [3.8, 4) is 0 Å². The molecule has 17 N–H and O–H groups in total. The van der Waals surface area contributed by atoms with Crippen molar-refractivity contribution in [1.29, 1.82) is 0 Å². The Morgan fingerprint density at radius 1 is 0.500 bits per heavy atom. The van der Waals surface area contributed by atoms with Crippen molar-refractivity contribution in [3.05, 3.63) is 126 Å². The van der Waals surface area contributed by atoms with Gasteiger partial charge in [0, 0.05) is 78.2 Å². The van der Waals surface area contributed by atoms with Gasteiger partial charge in [-0.1, -0.05) is 107 Å². The van der Waals surface area contributed by atoms with Crippen molar-refractivity contribution < 1.29 is 63.0 Å². The molecule has 0 unspecified atom stereocenters. The number of H-pyrrole nitrogens is 3. The van der Waals surface area contributed by atoms with Gasteiger partial charge in [-0.2, -0.15) is 0 Å². The standard InChI is InChI=1S/C63H82N14O13/c1-5-6-20-48(63(89)90)73-60(86)49(27-37-16-8-7-9-17-37)74-61(87)51(30-40-33-66-34-69-40)76-57(83)46(23-14-15-24-53(79)80)72-62(88)54(35(2)3)77-55(81)36(4)70-59(85)50(29-39-32-68-45-22-13-11-19-42(39)45)75-58(84)47(25-26-52(65)78)71-56(82)43(64)28-38-31-67-44-21-12-10-18-41(38)44/h7-13,16-19,21-22,31-36,43,46-51,54,67-68H,5-6,14-15,20,23-30,64H2,1-4H3,(H2,65,78)(H,66,69)(H,70,85)(H,71,82)(H,72,88)(H,73,86)(H,74,87)(H,75,84)(H,76,83)(H,77,81)(H,79,80)(H,89,90)/t36-,43-,46+,47-,48-,49-,50-,51-,54-/m0/s1. The highest BCUT2D eigenvalue weighted by Crippen LogP contribution is 2.21. The number of carboxylic acids is 2. The zero-order chi connectivity index (χ0) is 65.4. The Labute approximate surface area is 519 Å². The maximum atomic E-state index is 14.5. The number of carboxylic acid groups (broad SMARTS) is 2. The molecule has 3 heterocycles. The highest BCUT2D eigenvalue weighted by atomic mass is 16.4. The predicted octanol–water partition coefficient (Wildman–Crippen LogP) is 1.71. The normalized spacial score (nSPS) is 14.3. The first-order valence-electron chi connectivity index (χ1n) is 30.0. The molecule has 3 aromatic carbocycles. The minimum Gasteiger partial charge on any atom is -0.481 e. The zero-order valence-electron chi connectivity index (χ0n) is 50.8. The van der Waals surface area contributed by atoms with Gasteiger partial charge in [0.15, 0.2) is 0 Å². The van der Waals surface area contributed by atoms with Gasteiger partial charge in [0.1, 0.15) is 48.3 Å². The summed E-state index contributed by atoms with van der Waals surface area (Å²) in [5.41, 5.74) is 15.8. The van der Waals surface area contributed by atoms with Crippen molar-refractivity contribution in [3.63, 3.8) is 0 Å². The lowest BCUT2D eigenvalue weighted by atomic mass is 10.0. The van der Waals surface area contributed by atoms with Crippen LogP contribution in [0.5, 0.6) is 0 Å². The number of imidazole rings is 1. The second-order valence-electron chi connectivity index (χ2n) is 22.7. The van der Waals surface area contributed by atoms with Crippen LogP contribution in [-0.2, 0) is 78.4 Å². The van der Waals surface area contributed by atoms with E-state index in [-0.39, 0.29) is 70.6 Å². The Hall–Kier alpha value is -9.92. The number of hydrogen-bond acceptors (Lipinski definition) is 13. The molecule has 0 spiro atoms. The van der Waals surface area contributed by atoms with Crippen LogP contribution in [0.3, 0.4) is 0 Å². The van der Waals surface area contributed by atoms with Crippen LogP contribution in [0.15, 0.2) is 104 Å². The molecular weight excluding hydrogens is 1160 g/mol. The molecule has 3 aromatic heterocycles. The van der Waals surface area contributed by atoms with Crippen LogP contribution in [0.25, 0.3) is 21.8 Å². The average Bonchev–Trinajstić information content (AvgIpc) is 2.92. The van der Waals surface area contributed by atoms with E-state index in [1.54, 1.807) is 74.8 Å². The van der Waals surface area contributed by atoms with Gasteiger partial charge >= 0.3 is 11.9 Å². The van der Waals surface area contributed by atoms with E-state index in [1.807, 2.05) is 37.3 Å². The topological polar surface area (TPSA) is 437 Å². The molecule has 9 amide bonds. The van der Waals surface area contributed by atoms with Gasteiger partial charge in [0.05, 0.1) is 12.4 Å². The minimum absolute atomic E-state index is 0.0657. The lowest BCUT2D eigenvalue weighted by molar-refractivity contribution is -0.142. The molecule has 90 heavy (non-hydrogen) atoms. The number of aliphatic carboxylic acids is 2. The zero-order valence-corrected chi connectivity index (χ0v) is 50.8. The second kappa shape index (κ2) is 34.0. The number of nitrogens with one attached hydrogen (secondary N) is 11. The SMILES string of the molecule is CCCC[C@H](NC(=O)[C@H](Cc1ccccc1)NC(=O)[C@H](Cc1cnc[nH]1)NC(=O)[C@@H](CCCCC(=O)O)NC(=O)[C@@H](NC(=O)[C@H](C)NC(=O)[C@H](Cc1c[nH]c2ccccc12)NC(=O)[C@H](CCC(N)=O)NC(=O)[C@@H](N)Cc1c[nH]c2ccccc12)C(C)C)C(=O)O. The summed E-state index contributed by atoms with van der Waals surface area (Å²) in [4.78, 5) is 163. The highest BCUT2D eigenvalue weighted by molar-refractivity contribution is 5.99. The van der Waals surface area contributed by atoms with Gasteiger partial charge < -0.3 is 79.2 Å². The molecule has 9 atom stereocenters. The number of unbranched alkanes of at least 4 members (excludes halogenated alkanes) is 2. The summed E-state index contributed by atoms with van der Waals surface area (Å²) in [6.45, 7) is 6.43. The summed E-state index contributed by atoms with van der Waals surface area (Å²) >= 11 is 0. The molecule has 6 aromatic rings. The number of nitrogens with two attached hydrogens (primary N) is 2. The van der Waals surface area contributed by atoms with Crippen molar-refractivity contribution in [1.82, 2.24) is 62.5 Å². The second-order valence-corrected chi connectivity index (χ2v) is 22.7. The maximum absolute atomic E-state index is 14.5. The van der Waals surface area contributed by atoms with Crippen molar-refractivity contribution in [2.45, 2.75) is 166 Å². The number of rotatable bonds is 37. The van der Waals surface area contributed by atoms with Crippen LogP contribution >= 0.6 is 0 Å². The van der Waals surface area contributed by atoms with Crippen LogP contribution in [-0.4, -0.2) is 150 Å². The fraction of sp³-hybridized carbons (Fsp3) is 0.429. The minimum atomic E-state index is -1.45. The smallest absolute Gasteiger partial charge is 0.326 e. The predicted molar refractivity (Wildman–Crippen MR) is 332 cm³/mol.